The molecule has 0 saturated heterocycles. The third-order valence-corrected chi connectivity index (χ3v) is 5.73. The highest BCUT2D eigenvalue weighted by atomic mass is 79.9. The van der Waals surface area contributed by atoms with Gasteiger partial charge >= 0.3 is 0 Å². The number of hydrogen-bond acceptors (Lipinski definition) is 2. The zero-order valence-electron chi connectivity index (χ0n) is 11.9. The molecule has 2 unspecified atom stereocenters. The molecule has 0 saturated carbocycles. The average Bonchev–Trinajstić information content (AvgIpc) is 2.31. The van der Waals surface area contributed by atoms with Crippen LogP contribution in [0.3, 0.4) is 0 Å². The first-order valence-corrected chi connectivity index (χ1v) is 8.82. The van der Waals surface area contributed by atoms with Gasteiger partial charge in [0.15, 0.2) is 0 Å². The van der Waals surface area contributed by atoms with Gasteiger partial charge in [0.05, 0.1) is 4.90 Å². The number of aryl methyl sites for hydroxylation is 1. The average molecular weight is 348 g/mol. The van der Waals surface area contributed by atoms with Crippen LogP contribution in [0.5, 0.6) is 0 Å². The zero-order valence-corrected chi connectivity index (χ0v) is 14.3. The normalized spacial score (nSPS) is 15.2. The molecule has 108 valence electrons. The van der Waals surface area contributed by atoms with Crippen molar-refractivity contribution in [2.75, 3.05) is 0 Å². The highest BCUT2D eigenvalue weighted by Gasteiger charge is 2.18. The first-order valence-electron chi connectivity index (χ1n) is 6.54. The van der Waals surface area contributed by atoms with Crippen molar-refractivity contribution in [1.82, 2.24) is 4.72 Å². The second-order valence-corrected chi connectivity index (χ2v) is 7.75. The van der Waals surface area contributed by atoms with Crippen molar-refractivity contribution in [1.29, 1.82) is 0 Å². The summed E-state index contributed by atoms with van der Waals surface area (Å²) in [6.45, 7) is 8.04. The summed E-state index contributed by atoms with van der Waals surface area (Å²) in [6, 6.07) is 5.02. The summed E-state index contributed by atoms with van der Waals surface area (Å²) in [6.07, 6.45) is 1.91. The first kappa shape index (κ1) is 16.7. The summed E-state index contributed by atoms with van der Waals surface area (Å²) >= 11 is 3.37. The lowest BCUT2D eigenvalue weighted by Gasteiger charge is -2.18. The van der Waals surface area contributed by atoms with E-state index in [0.29, 0.717) is 10.8 Å². The third-order valence-electron chi connectivity index (χ3n) is 3.25. The van der Waals surface area contributed by atoms with Crippen LogP contribution < -0.4 is 4.72 Å². The SMILES string of the molecule is CCC(C)CC(C)NS(=O)(=O)c1ccc(Br)c(C)c1. The standard InChI is InChI=1S/C14H22BrNO2S/c1-5-10(2)8-12(4)16-19(17,18)13-6-7-14(15)11(3)9-13/h6-7,9-10,12,16H,5,8H2,1-4H3. The van der Waals surface area contributed by atoms with E-state index in [1.807, 2.05) is 13.8 Å². The zero-order chi connectivity index (χ0) is 14.6. The van der Waals surface area contributed by atoms with Crippen molar-refractivity contribution < 1.29 is 8.42 Å². The Bertz CT molecular complexity index is 528. The second kappa shape index (κ2) is 6.86. The van der Waals surface area contributed by atoms with E-state index in [1.54, 1.807) is 18.2 Å². The number of benzene rings is 1. The lowest BCUT2D eigenvalue weighted by atomic mass is 10.0. The van der Waals surface area contributed by atoms with Crippen LogP contribution in [0, 0.1) is 12.8 Å². The Balaban J connectivity index is 2.83. The highest BCUT2D eigenvalue weighted by Crippen LogP contribution is 2.20. The van der Waals surface area contributed by atoms with E-state index in [0.717, 1.165) is 22.9 Å². The number of sulfonamides is 1. The third kappa shape index (κ3) is 4.89. The van der Waals surface area contributed by atoms with Crippen molar-refractivity contribution in [3.63, 3.8) is 0 Å². The summed E-state index contributed by atoms with van der Waals surface area (Å²) in [7, 11) is -3.42. The van der Waals surface area contributed by atoms with Gasteiger partial charge in [-0.1, -0.05) is 36.2 Å². The van der Waals surface area contributed by atoms with Crippen molar-refractivity contribution in [2.24, 2.45) is 5.92 Å². The van der Waals surface area contributed by atoms with Crippen LogP contribution in [0.15, 0.2) is 27.6 Å². The van der Waals surface area contributed by atoms with Gasteiger partial charge in [0.25, 0.3) is 0 Å². The minimum absolute atomic E-state index is 0.0519. The molecular formula is C14H22BrNO2S. The summed E-state index contributed by atoms with van der Waals surface area (Å²) in [5.41, 5.74) is 0.914. The van der Waals surface area contributed by atoms with Gasteiger partial charge < -0.3 is 0 Å². The molecule has 0 spiro atoms. The van der Waals surface area contributed by atoms with E-state index in [9.17, 15) is 8.42 Å². The first-order chi connectivity index (χ1) is 8.76. The van der Waals surface area contributed by atoms with Crippen LogP contribution >= 0.6 is 15.9 Å². The number of hydrogen-bond donors (Lipinski definition) is 1. The van der Waals surface area contributed by atoms with Crippen molar-refractivity contribution >= 4 is 26.0 Å². The molecule has 0 aliphatic heterocycles. The van der Waals surface area contributed by atoms with Crippen LogP contribution in [-0.4, -0.2) is 14.5 Å². The number of rotatable bonds is 6. The van der Waals surface area contributed by atoms with Crippen LogP contribution in [-0.2, 0) is 10.0 Å². The van der Waals surface area contributed by atoms with Gasteiger partial charge in [-0.15, -0.1) is 0 Å². The Labute approximate surface area is 125 Å². The predicted molar refractivity (Wildman–Crippen MR) is 82.7 cm³/mol. The molecular weight excluding hydrogens is 326 g/mol. The minimum atomic E-state index is -3.42. The molecule has 0 fully saturated rings. The maximum absolute atomic E-state index is 12.2. The van der Waals surface area contributed by atoms with E-state index in [4.69, 9.17) is 0 Å². The van der Waals surface area contributed by atoms with Crippen LogP contribution in [0.25, 0.3) is 0 Å². The highest BCUT2D eigenvalue weighted by molar-refractivity contribution is 9.10. The summed E-state index contributed by atoms with van der Waals surface area (Å²) in [5, 5.41) is 0. The van der Waals surface area contributed by atoms with E-state index >= 15 is 0 Å². The van der Waals surface area contributed by atoms with Gasteiger partial charge in [-0.3, -0.25) is 0 Å². The maximum atomic E-state index is 12.2. The number of halogens is 1. The Kier molecular flexibility index (Phi) is 6.02. The Hall–Kier alpha value is -0.390. The Morgan fingerprint density at radius 2 is 1.95 bits per heavy atom. The monoisotopic (exact) mass is 347 g/mol. The van der Waals surface area contributed by atoms with Gasteiger partial charge in [-0.25, -0.2) is 13.1 Å². The second-order valence-electron chi connectivity index (χ2n) is 5.18. The molecule has 0 heterocycles. The predicted octanol–water partition coefficient (Wildman–Crippen LogP) is 3.86. The largest absolute Gasteiger partial charge is 0.240 e. The quantitative estimate of drug-likeness (QED) is 0.849. The van der Waals surface area contributed by atoms with E-state index in [1.165, 1.54) is 0 Å². The van der Waals surface area contributed by atoms with Crippen molar-refractivity contribution in [3.8, 4) is 0 Å². The molecule has 1 rings (SSSR count). The smallest absolute Gasteiger partial charge is 0.208 e. The molecule has 0 amide bonds. The Morgan fingerprint density at radius 3 is 2.47 bits per heavy atom. The molecule has 19 heavy (non-hydrogen) atoms. The van der Waals surface area contributed by atoms with Gasteiger partial charge in [0.1, 0.15) is 0 Å². The molecule has 1 aromatic carbocycles. The molecule has 0 aromatic heterocycles. The van der Waals surface area contributed by atoms with Crippen molar-refractivity contribution in [2.45, 2.75) is 51.5 Å². The number of nitrogens with one attached hydrogen (secondary N) is 1. The minimum Gasteiger partial charge on any atom is -0.208 e. The lowest BCUT2D eigenvalue weighted by molar-refractivity contribution is 0.445. The molecule has 1 aromatic rings. The molecule has 2 atom stereocenters. The van der Waals surface area contributed by atoms with Crippen molar-refractivity contribution in [3.05, 3.63) is 28.2 Å². The van der Waals surface area contributed by atoms with E-state index in [2.05, 4.69) is 34.5 Å². The maximum Gasteiger partial charge on any atom is 0.240 e. The van der Waals surface area contributed by atoms with Gasteiger partial charge in [-0.2, -0.15) is 0 Å². The Morgan fingerprint density at radius 1 is 1.32 bits per heavy atom. The van der Waals surface area contributed by atoms with Gasteiger partial charge in [0.2, 0.25) is 10.0 Å². The fourth-order valence-corrected chi connectivity index (χ4v) is 3.52. The van der Waals surface area contributed by atoms with Crippen LogP contribution in [0.1, 0.15) is 39.2 Å². The van der Waals surface area contributed by atoms with Crippen LogP contribution in [0.4, 0.5) is 0 Å². The lowest BCUT2D eigenvalue weighted by Crippen LogP contribution is -2.33. The molecule has 5 heteroatoms. The summed E-state index contributed by atoms with van der Waals surface area (Å²) in [5.74, 6) is 0.518. The molecule has 0 aliphatic rings. The fraction of sp³-hybridized carbons (Fsp3) is 0.571. The fourth-order valence-electron chi connectivity index (χ4n) is 1.94. The van der Waals surface area contributed by atoms with Gasteiger partial charge in [-0.05, 0) is 49.9 Å². The summed E-state index contributed by atoms with van der Waals surface area (Å²) in [4.78, 5) is 0.323. The molecule has 0 bridgehead atoms. The van der Waals surface area contributed by atoms with Crippen LogP contribution in [0.2, 0.25) is 0 Å². The topological polar surface area (TPSA) is 46.2 Å². The van der Waals surface area contributed by atoms with Gasteiger partial charge in [0, 0.05) is 10.5 Å². The molecule has 0 radical (unpaired) electrons. The molecule has 0 aliphatic carbocycles. The summed E-state index contributed by atoms with van der Waals surface area (Å²) < 4.78 is 28.2. The molecule has 1 N–H and O–H groups in total. The van der Waals surface area contributed by atoms with E-state index in [-0.39, 0.29) is 6.04 Å². The molecule has 3 nitrogen and oxygen atoms in total. The van der Waals surface area contributed by atoms with E-state index < -0.39 is 10.0 Å².